The molecule has 6 heteroatoms. The molecule has 0 spiro atoms. The first kappa shape index (κ1) is 6.96. The Balaban J connectivity index is 2.49. The third-order valence-corrected chi connectivity index (χ3v) is 1.62. The molecular weight excluding hydrogens is 160 g/mol. The van der Waals surface area contributed by atoms with E-state index in [4.69, 9.17) is 5.11 Å². The minimum Gasteiger partial charge on any atom is -0.476 e. The average molecular weight is 166 g/mol. The van der Waals surface area contributed by atoms with Crippen molar-refractivity contribution in [2.45, 2.75) is 13.1 Å². The summed E-state index contributed by atoms with van der Waals surface area (Å²) in [6.45, 7) is 1.79. The Morgan fingerprint density at radius 3 is 3.08 bits per heavy atom. The number of nitrogens with zero attached hydrogens (tertiary/aromatic N) is 4. The normalized spacial score (nSPS) is 19.6. The summed E-state index contributed by atoms with van der Waals surface area (Å²) in [5, 5.41) is 19.9. The van der Waals surface area contributed by atoms with Crippen LogP contribution in [0.1, 0.15) is 23.6 Å². The maximum atomic E-state index is 10.5. The van der Waals surface area contributed by atoms with Crippen molar-refractivity contribution in [3.8, 4) is 0 Å². The Hall–Kier alpha value is -1.72. The molecule has 0 radical (unpaired) electrons. The Morgan fingerprint density at radius 1 is 1.75 bits per heavy atom. The molecule has 1 aliphatic rings. The van der Waals surface area contributed by atoms with Gasteiger partial charge in [-0.05, 0) is 6.92 Å². The van der Waals surface area contributed by atoms with Crippen molar-refractivity contribution in [2.24, 2.45) is 10.2 Å². The monoisotopic (exact) mass is 166 g/mol. The summed E-state index contributed by atoms with van der Waals surface area (Å²) in [4.78, 5) is 10.5. The second-order valence-electron chi connectivity index (χ2n) is 2.48. The Labute approximate surface area is 67.5 Å². The molecule has 1 atom stereocenters. The molecule has 0 saturated carbocycles. The lowest BCUT2D eigenvalue weighted by Crippen LogP contribution is -2.03. The zero-order chi connectivity index (χ0) is 8.72. The Kier molecular flexibility index (Phi) is 1.24. The van der Waals surface area contributed by atoms with Crippen molar-refractivity contribution < 1.29 is 9.90 Å². The molecule has 0 aliphatic carbocycles. The van der Waals surface area contributed by atoms with Gasteiger partial charge >= 0.3 is 5.97 Å². The summed E-state index contributed by atoms with van der Waals surface area (Å²) in [7, 11) is 0. The molecule has 1 aromatic heterocycles. The standard InChI is InChI=1S/C6H6N4O2/c1-3-7-8-5-2-4(6(11)12)9-10(3)5/h2-3H,1H3,(H,11,12). The molecule has 0 amide bonds. The zero-order valence-corrected chi connectivity index (χ0v) is 6.30. The van der Waals surface area contributed by atoms with Gasteiger partial charge in [0.2, 0.25) is 0 Å². The molecule has 1 aromatic rings. The summed E-state index contributed by atoms with van der Waals surface area (Å²) >= 11 is 0. The summed E-state index contributed by atoms with van der Waals surface area (Å²) in [5.74, 6) is -0.542. The van der Waals surface area contributed by atoms with E-state index in [2.05, 4.69) is 15.3 Å². The van der Waals surface area contributed by atoms with Crippen LogP contribution in [0.15, 0.2) is 16.3 Å². The maximum Gasteiger partial charge on any atom is 0.356 e. The van der Waals surface area contributed by atoms with Gasteiger partial charge in [0.15, 0.2) is 17.7 Å². The van der Waals surface area contributed by atoms with Gasteiger partial charge in [0.25, 0.3) is 0 Å². The minimum absolute atomic E-state index is 0.00972. The van der Waals surface area contributed by atoms with Gasteiger partial charge in [0, 0.05) is 6.07 Å². The van der Waals surface area contributed by atoms with Crippen LogP contribution < -0.4 is 0 Å². The van der Waals surface area contributed by atoms with Crippen LogP contribution in [0.4, 0.5) is 5.82 Å². The first-order valence-electron chi connectivity index (χ1n) is 3.42. The van der Waals surface area contributed by atoms with E-state index < -0.39 is 5.97 Å². The van der Waals surface area contributed by atoms with E-state index >= 15 is 0 Å². The quantitative estimate of drug-likeness (QED) is 0.680. The highest BCUT2D eigenvalue weighted by Crippen LogP contribution is 2.27. The highest BCUT2D eigenvalue weighted by atomic mass is 16.4. The predicted octanol–water partition coefficient (Wildman–Crippen LogP) is 1.20. The van der Waals surface area contributed by atoms with Gasteiger partial charge in [0.05, 0.1) is 0 Å². The first-order chi connectivity index (χ1) is 5.68. The lowest BCUT2D eigenvalue weighted by atomic mass is 10.4. The smallest absolute Gasteiger partial charge is 0.356 e. The number of fused-ring (bicyclic) bond motifs is 1. The summed E-state index contributed by atoms with van der Waals surface area (Å²) < 4.78 is 1.48. The van der Waals surface area contributed by atoms with E-state index in [0.29, 0.717) is 5.82 Å². The molecule has 62 valence electrons. The van der Waals surface area contributed by atoms with Crippen molar-refractivity contribution in [3.63, 3.8) is 0 Å². The summed E-state index contributed by atoms with van der Waals surface area (Å²) in [6.07, 6.45) is -0.187. The highest BCUT2D eigenvalue weighted by molar-refractivity contribution is 5.86. The number of aromatic nitrogens is 2. The number of carbonyl (C=O) groups is 1. The average Bonchev–Trinajstić information content (AvgIpc) is 2.53. The zero-order valence-electron chi connectivity index (χ0n) is 6.30. The summed E-state index contributed by atoms with van der Waals surface area (Å²) in [6, 6.07) is 1.40. The topological polar surface area (TPSA) is 79.8 Å². The molecule has 6 nitrogen and oxygen atoms in total. The highest BCUT2D eigenvalue weighted by Gasteiger charge is 2.20. The number of azo groups is 1. The molecule has 0 fully saturated rings. The van der Waals surface area contributed by atoms with E-state index in [1.54, 1.807) is 6.92 Å². The second-order valence-corrected chi connectivity index (χ2v) is 2.48. The number of carboxylic acids is 1. The maximum absolute atomic E-state index is 10.5. The fourth-order valence-electron chi connectivity index (χ4n) is 1.03. The first-order valence-corrected chi connectivity index (χ1v) is 3.42. The molecule has 0 saturated heterocycles. The van der Waals surface area contributed by atoms with Gasteiger partial charge < -0.3 is 5.11 Å². The largest absolute Gasteiger partial charge is 0.476 e. The molecular formula is C6H6N4O2. The van der Waals surface area contributed by atoms with Crippen LogP contribution in [0.2, 0.25) is 0 Å². The number of carboxylic acid groups (broad SMARTS) is 1. The van der Waals surface area contributed by atoms with E-state index in [0.717, 1.165) is 0 Å². The van der Waals surface area contributed by atoms with Crippen molar-refractivity contribution in [3.05, 3.63) is 11.8 Å². The van der Waals surface area contributed by atoms with Crippen LogP contribution in [0.5, 0.6) is 0 Å². The third-order valence-electron chi connectivity index (χ3n) is 1.62. The molecule has 2 heterocycles. The predicted molar refractivity (Wildman–Crippen MR) is 38.4 cm³/mol. The lowest BCUT2D eigenvalue weighted by Gasteiger charge is -1.97. The van der Waals surface area contributed by atoms with E-state index in [-0.39, 0.29) is 11.9 Å². The molecule has 1 N–H and O–H groups in total. The second kappa shape index (κ2) is 2.13. The number of hydrogen-bond acceptors (Lipinski definition) is 4. The minimum atomic E-state index is -1.04. The van der Waals surface area contributed by atoms with E-state index in [1.807, 2.05) is 0 Å². The molecule has 1 aliphatic heterocycles. The van der Waals surface area contributed by atoms with Crippen molar-refractivity contribution in [2.75, 3.05) is 0 Å². The number of aromatic carboxylic acids is 1. The molecule has 12 heavy (non-hydrogen) atoms. The Morgan fingerprint density at radius 2 is 2.50 bits per heavy atom. The SMILES string of the molecule is CC1N=Nc2cc(C(=O)O)nn21. The van der Waals surface area contributed by atoms with Crippen molar-refractivity contribution >= 4 is 11.8 Å². The van der Waals surface area contributed by atoms with Crippen LogP contribution >= 0.6 is 0 Å². The molecule has 2 rings (SSSR count). The van der Waals surface area contributed by atoms with Gasteiger partial charge in [-0.3, -0.25) is 0 Å². The van der Waals surface area contributed by atoms with Crippen molar-refractivity contribution in [1.29, 1.82) is 0 Å². The van der Waals surface area contributed by atoms with Crippen LogP contribution in [-0.4, -0.2) is 20.9 Å². The van der Waals surface area contributed by atoms with E-state index in [9.17, 15) is 4.79 Å². The van der Waals surface area contributed by atoms with Gasteiger partial charge in [-0.2, -0.15) is 10.2 Å². The van der Waals surface area contributed by atoms with Crippen LogP contribution in [0.3, 0.4) is 0 Å². The van der Waals surface area contributed by atoms with E-state index in [1.165, 1.54) is 10.7 Å². The number of hydrogen-bond donors (Lipinski definition) is 1. The molecule has 0 aromatic carbocycles. The van der Waals surface area contributed by atoms with Gasteiger partial charge in [-0.15, -0.1) is 5.11 Å². The fraction of sp³-hybridized carbons (Fsp3) is 0.333. The van der Waals surface area contributed by atoms with Crippen molar-refractivity contribution in [1.82, 2.24) is 9.78 Å². The lowest BCUT2D eigenvalue weighted by molar-refractivity contribution is 0.0689. The van der Waals surface area contributed by atoms with Crippen LogP contribution in [-0.2, 0) is 0 Å². The third kappa shape index (κ3) is 0.810. The molecule has 0 bridgehead atoms. The molecule has 1 unspecified atom stereocenters. The van der Waals surface area contributed by atoms with Crippen LogP contribution in [0.25, 0.3) is 0 Å². The van der Waals surface area contributed by atoms with Gasteiger partial charge in [0.1, 0.15) is 0 Å². The van der Waals surface area contributed by atoms with Gasteiger partial charge in [-0.1, -0.05) is 0 Å². The van der Waals surface area contributed by atoms with Gasteiger partial charge in [-0.25, -0.2) is 9.48 Å². The fourth-order valence-corrected chi connectivity index (χ4v) is 1.03. The summed E-state index contributed by atoms with van der Waals surface area (Å²) in [5.41, 5.74) is 0.00972. The van der Waals surface area contributed by atoms with Crippen LogP contribution in [0, 0.1) is 0 Å². The Bertz CT molecular complexity index is 368. The number of rotatable bonds is 1.